The number of hydrogen-bond acceptors (Lipinski definition) is 5. The van der Waals surface area contributed by atoms with Crippen LogP contribution in [-0.4, -0.2) is 32.4 Å². The van der Waals surface area contributed by atoms with E-state index in [4.69, 9.17) is 21.1 Å². The number of nitrogens with one attached hydrogen (secondary N) is 1. The molecular formula is C18H17BrClN3O4S. The van der Waals surface area contributed by atoms with E-state index in [1.807, 2.05) is 18.2 Å². The standard InChI is InChI=1S/C18H17BrClN3O4S/c1-26-16-8-7-13(9-17(16)27-2)28(24,25)22-18-14(19)11-23(21-18)10-12-5-3-4-6-15(12)20/h3-9,11H,10H2,1-2H3,(H,21,22). The van der Waals surface area contributed by atoms with E-state index in [9.17, 15) is 8.42 Å². The summed E-state index contributed by atoms with van der Waals surface area (Å²) in [6, 6.07) is 11.7. The second kappa shape index (κ2) is 8.42. The highest BCUT2D eigenvalue weighted by Crippen LogP contribution is 2.31. The number of rotatable bonds is 7. The lowest BCUT2D eigenvalue weighted by Gasteiger charge is -2.11. The van der Waals surface area contributed by atoms with Crippen LogP contribution in [0.25, 0.3) is 0 Å². The Bertz CT molecular complexity index is 1100. The predicted molar refractivity (Wildman–Crippen MR) is 111 cm³/mol. The van der Waals surface area contributed by atoms with E-state index in [2.05, 4.69) is 25.8 Å². The van der Waals surface area contributed by atoms with Gasteiger partial charge in [0.05, 0.1) is 30.1 Å². The van der Waals surface area contributed by atoms with Crippen LogP contribution in [0.2, 0.25) is 5.02 Å². The molecule has 1 aromatic heterocycles. The monoisotopic (exact) mass is 485 g/mol. The van der Waals surface area contributed by atoms with Crippen LogP contribution in [0.5, 0.6) is 11.5 Å². The van der Waals surface area contributed by atoms with Crippen molar-refractivity contribution < 1.29 is 17.9 Å². The molecule has 0 amide bonds. The summed E-state index contributed by atoms with van der Waals surface area (Å²) in [4.78, 5) is 0.0257. The minimum Gasteiger partial charge on any atom is -0.493 e. The fourth-order valence-electron chi connectivity index (χ4n) is 2.52. The van der Waals surface area contributed by atoms with Gasteiger partial charge in [-0.3, -0.25) is 9.40 Å². The summed E-state index contributed by atoms with van der Waals surface area (Å²) in [5.41, 5.74) is 0.869. The first-order valence-corrected chi connectivity index (χ1v) is 10.7. The molecule has 148 valence electrons. The quantitative estimate of drug-likeness (QED) is 0.542. The number of nitrogens with zero attached hydrogens (tertiary/aromatic N) is 2. The molecule has 3 rings (SSSR count). The molecule has 7 nitrogen and oxygen atoms in total. The summed E-state index contributed by atoms with van der Waals surface area (Å²) < 4.78 is 40.4. The Balaban J connectivity index is 1.85. The van der Waals surface area contributed by atoms with Gasteiger partial charge in [0.1, 0.15) is 0 Å². The molecule has 0 atom stereocenters. The molecule has 10 heteroatoms. The van der Waals surface area contributed by atoms with Gasteiger partial charge in [0, 0.05) is 17.3 Å². The third-order valence-electron chi connectivity index (χ3n) is 3.90. The molecule has 1 heterocycles. The first-order chi connectivity index (χ1) is 13.3. The van der Waals surface area contributed by atoms with Crippen molar-refractivity contribution in [1.29, 1.82) is 0 Å². The molecule has 0 aliphatic rings. The average molecular weight is 487 g/mol. The molecule has 2 aromatic carbocycles. The predicted octanol–water partition coefficient (Wildman–Crippen LogP) is 4.17. The van der Waals surface area contributed by atoms with Gasteiger partial charge in [-0.2, -0.15) is 5.10 Å². The van der Waals surface area contributed by atoms with Gasteiger partial charge >= 0.3 is 0 Å². The number of anilines is 1. The Morgan fingerprint density at radius 3 is 2.54 bits per heavy atom. The topological polar surface area (TPSA) is 82.5 Å². The molecule has 0 unspecified atom stereocenters. The van der Waals surface area contributed by atoms with Gasteiger partial charge in [0.2, 0.25) is 0 Å². The van der Waals surface area contributed by atoms with E-state index in [0.717, 1.165) is 5.56 Å². The first kappa shape index (κ1) is 20.5. The van der Waals surface area contributed by atoms with Gasteiger partial charge < -0.3 is 9.47 Å². The zero-order valence-corrected chi connectivity index (χ0v) is 18.2. The number of benzene rings is 2. The van der Waals surface area contributed by atoms with E-state index >= 15 is 0 Å². The van der Waals surface area contributed by atoms with Crippen LogP contribution in [0.1, 0.15) is 5.56 Å². The highest BCUT2D eigenvalue weighted by molar-refractivity contribution is 9.10. The molecule has 28 heavy (non-hydrogen) atoms. The smallest absolute Gasteiger partial charge is 0.263 e. The maximum absolute atomic E-state index is 12.7. The molecule has 3 aromatic rings. The fraction of sp³-hybridized carbons (Fsp3) is 0.167. The van der Waals surface area contributed by atoms with Crippen LogP contribution < -0.4 is 14.2 Å². The van der Waals surface area contributed by atoms with E-state index in [0.29, 0.717) is 27.5 Å². The summed E-state index contributed by atoms with van der Waals surface area (Å²) in [7, 11) is -0.960. The minimum atomic E-state index is -3.88. The Kier molecular flexibility index (Phi) is 6.17. The van der Waals surface area contributed by atoms with E-state index in [-0.39, 0.29) is 10.7 Å². The molecular weight excluding hydrogens is 470 g/mol. The lowest BCUT2D eigenvalue weighted by molar-refractivity contribution is 0.354. The number of sulfonamides is 1. The van der Waals surface area contributed by atoms with E-state index in [1.54, 1.807) is 16.9 Å². The van der Waals surface area contributed by atoms with Crippen molar-refractivity contribution in [1.82, 2.24) is 9.78 Å². The third kappa shape index (κ3) is 4.43. The summed E-state index contributed by atoms with van der Waals surface area (Å²) in [5.74, 6) is 0.919. The lowest BCUT2D eigenvalue weighted by atomic mass is 10.2. The minimum absolute atomic E-state index is 0.0257. The van der Waals surface area contributed by atoms with Crippen molar-refractivity contribution >= 4 is 43.4 Å². The van der Waals surface area contributed by atoms with Crippen molar-refractivity contribution in [2.75, 3.05) is 18.9 Å². The largest absolute Gasteiger partial charge is 0.493 e. The second-order valence-corrected chi connectivity index (χ2v) is 8.68. The number of hydrogen-bond donors (Lipinski definition) is 1. The van der Waals surface area contributed by atoms with Gasteiger partial charge in [-0.25, -0.2) is 8.42 Å². The highest BCUT2D eigenvalue weighted by atomic mass is 79.9. The maximum Gasteiger partial charge on any atom is 0.263 e. The molecule has 0 saturated carbocycles. The molecule has 0 aliphatic carbocycles. The molecule has 0 radical (unpaired) electrons. The van der Waals surface area contributed by atoms with Crippen molar-refractivity contribution in [3.63, 3.8) is 0 Å². The van der Waals surface area contributed by atoms with Gasteiger partial charge in [0.15, 0.2) is 17.3 Å². The van der Waals surface area contributed by atoms with Crippen LogP contribution in [0.3, 0.4) is 0 Å². The van der Waals surface area contributed by atoms with Crippen molar-refractivity contribution in [2.45, 2.75) is 11.4 Å². The van der Waals surface area contributed by atoms with Crippen LogP contribution in [0, 0.1) is 0 Å². The zero-order valence-electron chi connectivity index (χ0n) is 15.0. The number of methoxy groups -OCH3 is 2. The fourth-order valence-corrected chi connectivity index (χ4v) is 4.29. The number of ether oxygens (including phenoxy) is 2. The molecule has 0 aliphatic heterocycles. The van der Waals surface area contributed by atoms with Crippen molar-refractivity contribution in [3.8, 4) is 11.5 Å². The van der Waals surface area contributed by atoms with Crippen molar-refractivity contribution in [3.05, 3.63) is 63.7 Å². The SMILES string of the molecule is COc1ccc(S(=O)(=O)Nc2nn(Cc3ccccc3Cl)cc2Br)cc1OC. The summed E-state index contributed by atoms with van der Waals surface area (Å²) in [5, 5.41) is 4.91. The van der Waals surface area contributed by atoms with Crippen molar-refractivity contribution in [2.24, 2.45) is 0 Å². The Morgan fingerprint density at radius 2 is 1.86 bits per heavy atom. The van der Waals surface area contributed by atoms with Crippen LogP contribution in [0.4, 0.5) is 5.82 Å². The maximum atomic E-state index is 12.7. The number of halogens is 2. The summed E-state index contributed by atoms with van der Waals surface area (Å²) >= 11 is 9.51. The highest BCUT2D eigenvalue weighted by Gasteiger charge is 2.20. The molecule has 0 bridgehead atoms. The average Bonchev–Trinajstić information content (AvgIpc) is 3.01. The van der Waals surface area contributed by atoms with Gasteiger partial charge in [-0.05, 0) is 39.7 Å². The van der Waals surface area contributed by atoms with E-state index in [1.165, 1.54) is 32.4 Å². The first-order valence-electron chi connectivity index (χ1n) is 8.05. The summed E-state index contributed by atoms with van der Waals surface area (Å²) in [6.07, 6.45) is 1.68. The summed E-state index contributed by atoms with van der Waals surface area (Å²) in [6.45, 7) is 0.399. The van der Waals surface area contributed by atoms with Gasteiger partial charge in [-0.15, -0.1) is 0 Å². The Hall–Kier alpha value is -2.23. The molecule has 0 fully saturated rings. The van der Waals surface area contributed by atoms with E-state index < -0.39 is 10.0 Å². The Labute approximate surface area is 176 Å². The normalized spacial score (nSPS) is 11.3. The van der Waals surface area contributed by atoms with Crippen LogP contribution >= 0.6 is 27.5 Å². The van der Waals surface area contributed by atoms with Gasteiger partial charge in [0.25, 0.3) is 10.0 Å². The third-order valence-corrected chi connectivity index (χ3v) is 6.19. The second-order valence-electron chi connectivity index (χ2n) is 5.74. The number of aromatic nitrogens is 2. The molecule has 0 spiro atoms. The zero-order chi connectivity index (χ0) is 20.3. The van der Waals surface area contributed by atoms with Gasteiger partial charge in [-0.1, -0.05) is 29.8 Å². The molecule has 1 N–H and O–H groups in total. The van der Waals surface area contributed by atoms with Crippen LogP contribution in [-0.2, 0) is 16.6 Å². The lowest BCUT2D eigenvalue weighted by Crippen LogP contribution is -2.14. The van der Waals surface area contributed by atoms with Crippen LogP contribution in [0.15, 0.2) is 58.0 Å². The molecule has 0 saturated heterocycles. The Morgan fingerprint density at radius 1 is 1.14 bits per heavy atom.